The van der Waals surface area contributed by atoms with Gasteiger partial charge in [0.05, 0.1) is 19.3 Å². The highest BCUT2D eigenvalue weighted by atomic mass is 16.5. The molecule has 1 rings (SSSR count). The molecule has 0 bridgehead atoms. The summed E-state index contributed by atoms with van der Waals surface area (Å²) in [5.41, 5.74) is 10.7. The molecule has 1 aliphatic heterocycles. The SMILES string of the molecule is CC1(C)COCCN1CCC(N)C(N)=O. The van der Waals surface area contributed by atoms with Crippen molar-refractivity contribution in [3.63, 3.8) is 0 Å². The summed E-state index contributed by atoms with van der Waals surface area (Å²) in [4.78, 5) is 13.1. The van der Waals surface area contributed by atoms with E-state index in [2.05, 4.69) is 18.7 Å². The molecule has 4 N–H and O–H groups in total. The summed E-state index contributed by atoms with van der Waals surface area (Å²) in [7, 11) is 0. The third kappa shape index (κ3) is 3.44. The van der Waals surface area contributed by atoms with E-state index in [4.69, 9.17) is 16.2 Å². The number of morpholine rings is 1. The predicted octanol–water partition coefficient (Wildman–Crippen LogP) is -0.700. The van der Waals surface area contributed by atoms with Crippen LogP contribution < -0.4 is 11.5 Å². The summed E-state index contributed by atoms with van der Waals surface area (Å²) in [6.07, 6.45) is 0.610. The Labute approximate surface area is 90.7 Å². The summed E-state index contributed by atoms with van der Waals surface area (Å²) in [5.74, 6) is -0.430. The zero-order valence-corrected chi connectivity index (χ0v) is 9.53. The van der Waals surface area contributed by atoms with E-state index in [1.807, 2.05) is 0 Å². The van der Waals surface area contributed by atoms with E-state index < -0.39 is 11.9 Å². The summed E-state index contributed by atoms with van der Waals surface area (Å²) in [6, 6.07) is -0.538. The molecule has 1 heterocycles. The molecule has 1 saturated heterocycles. The highest BCUT2D eigenvalue weighted by Crippen LogP contribution is 2.18. The van der Waals surface area contributed by atoms with E-state index in [-0.39, 0.29) is 5.54 Å². The third-order valence-electron chi connectivity index (χ3n) is 2.89. The number of hydrogen-bond acceptors (Lipinski definition) is 4. The first kappa shape index (κ1) is 12.4. The van der Waals surface area contributed by atoms with E-state index in [0.717, 1.165) is 26.3 Å². The fraction of sp³-hybridized carbons (Fsp3) is 0.900. The molecule has 1 atom stereocenters. The van der Waals surface area contributed by atoms with Crippen molar-refractivity contribution < 1.29 is 9.53 Å². The van der Waals surface area contributed by atoms with E-state index in [1.165, 1.54) is 0 Å². The van der Waals surface area contributed by atoms with Crippen molar-refractivity contribution in [2.24, 2.45) is 11.5 Å². The molecule has 0 radical (unpaired) electrons. The smallest absolute Gasteiger partial charge is 0.234 e. The molecular weight excluding hydrogens is 194 g/mol. The van der Waals surface area contributed by atoms with Crippen LogP contribution in [0.2, 0.25) is 0 Å². The van der Waals surface area contributed by atoms with Gasteiger partial charge in [0.2, 0.25) is 5.91 Å². The Morgan fingerprint density at radius 2 is 2.27 bits per heavy atom. The van der Waals surface area contributed by atoms with Gasteiger partial charge in [-0.1, -0.05) is 0 Å². The van der Waals surface area contributed by atoms with Crippen molar-refractivity contribution in [3.05, 3.63) is 0 Å². The van der Waals surface area contributed by atoms with Crippen molar-refractivity contribution in [2.45, 2.75) is 31.8 Å². The molecule has 88 valence electrons. The summed E-state index contributed by atoms with van der Waals surface area (Å²) in [5, 5.41) is 0. The van der Waals surface area contributed by atoms with Crippen LogP contribution >= 0.6 is 0 Å². The van der Waals surface area contributed by atoms with Gasteiger partial charge < -0.3 is 16.2 Å². The number of carbonyl (C=O) groups is 1. The van der Waals surface area contributed by atoms with Crippen LogP contribution in [-0.4, -0.2) is 48.7 Å². The highest BCUT2D eigenvalue weighted by Gasteiger charge is 2.30. The quantitative estimate of drug-likeness (QED) is 0.649. The van der Waals surface area contributed by atoms with Crippen LogP contribution in [0.3, 0.4) is 0 Å². The van der Waals surface area contributed by atoms with E-state index in [0.29, 0.717) is 6.42 Å². The lowest BCUT2D eigenvalue weighted by atomic mass is 10.0. The fourth-order valence-electron chi connectivity index (χ4n) is 1.74. The number of amides is 1. The van der Waals surface area contributed by atoms with Crippen LogP contribution in [-0.2, 0) is 9.53 Å². The normalized spacial score (nSPS) is 23.7. The first-order valence-electron chi connectivity index (χ1n) is 5.31. The number of primary amides is 1. The van der Waals surface area contributed by atoms with E-state index in [9.17, 15) is 4.79 Å². The Morgan fingerprint density at radius 1 is 1.60 bits per heavy atom. The summed E-state index contributed by atoms with van der Waals surface area (Å²) >= 11 is 0. The zero-order chi connectivity index (χ0) is 11.5. The molecule has 0 aliphatic carbocycles. The Bertz CT molecular complexity index is 231. The molecule has 0 spiro atoms. The number of ether oxygens (including phenoxy) is 1. The maximum Gasteiger partial charge on any atom is 0.234 e. The van der Waals surface area contributed by atoms with Gasteiger partial charge in [0.15, 0.2) is 0 Å². The van der Waals surface area contributed by atoms with Crippen LogP contribution in [0, 0.1) is 0 Å². The fourth-order valence-corrected chi connectivity index (χ4v) is 1.74. The van der Waals surface area contributed by atoms with Gasteiger partial charge >= 0.3 is 0 Å². The van der Waals surface area contributed by atoms with Crippen LogP contribution in [0.15, 0.2) is 0 Å². The van der Waals surface area contributed by atoms with Gasteiger partial charge in [-0.15, -0.1) is 0 Å². The van der Waals surface area contributed by atoms with Gasteiger partial charge in [-0.05, 0) is 20.3 Å². The zero-order valence-electron chi connectivity index (χ0n) is 9.53. The van der Waals surface area contributed by atoms with Crippen LogP contribution in [0.25, 0.3) is 0 Å². The Hall–Kier alpha value is -0.650. The topological polar surface area (TPSA) is 81.6 Å². The van der Waals surface area contributed by atoms with Crippen LogP contribution in [0.1, 0.15) is 20.3 Å². The maximum atomic E-state index is 10.8. The first-order chi connectivity index (χ1) is 6.93. The second-order valence-corrected chi connectivity index (χ2v) is 4.65. The van der Waals surface area contributed by atoms with Crippen LogP contribution in [0.5, 0.6) is 0 Å². The molecule has 0 saturated carbocycles. The monoisotopic (exact) mass is 215 g/mol. The van der Waals surface area contributed by atoms with Crippen LogP contribution in [0.4, 0.5) is 0 Å². The first-order valence-corrected chi connectivity index (χ1v) is 5.31. The standard InChI is InChI=1S/C10H21N3O2/c1-10(2)7-15-6-5-13(10)4-3-8(11)9(12)14/h8H,3-7,11H2,1-2H3,(H2,12,14). The number of carbonyl (C=O) groups excluding carboxylic acids is 1. The minimum atomic E-state index is -0.538. The Kier molecular flexibility index (Phi) is 4.07. The van der Waals surface area contributed by atoms with Gasteiger partial charge in [-0.2, -0.15) is 0 Å². The average Bonchev–Trinajstić information content (AvgIpc) is 2.14. The van der Waals surface area contributed by atoms with Gasteiger partial charge in [-0.25, -0.2) is 0 Å². The lowest BCUT2D eigenvalue weighted by molar-refractivity contribution is -0.119. The van der Waals surface area contributed by atoms with Gasteiger partial charge in [0, 0.05) is 18.6 Å². The van der Waals surface area contributed by atoms with E-state index >= 15 is 0 Å². The second kappa shape index (κ2) is 4.92. The molecule has 0 aromatic carbocycles. The maximum absolute atomic E-state index is 10.8. The molecule has 0 aromatic rings. The molecular formula is C10H21N3O2. The second-order valence-electron chi connectivity index (χ2n) is 4.65. The molecule has 1 unspecified atom stereocenters. The summed E-state index contributed by atoms with van der Waals surface area (Å²) in [6.45, 7) is 7.40. The van der Waals surface area contributed by atoms with Crippen molar-refractivity contribution in [3.8, 4) is 0 Å². The molecule has 5 heteroatoms. The Morgan fingerprint density at radius 3 is 2.80 bits per heavy atom. The van der Waals surface area contributed by atoms with E-state index in [1.54, 1.807) is 0 Å². The third-order valence-corrected chi connectivity index (χ3v) is 2.89. The summed E-state index contributed by atoms with van der Waals surface area (Å²) < 4.78 is 5.40. The van der Waals surface area contributed by atoms with Crippen molar-refractivity contribution in [2.75, 3.05) is 26.3 Å². The number of hydrogen-bond donors (Lipinski definition) is 2. The molecule has 1 aliphatic rings. The van der Waals surface area contributed by atoms with Crippen molar-refractivity contribution in [1.82, 2.24) is 4.90 Å². The lowest BCUT2D eigenvalue weighted by Crippen LogP contribution is -2.54. The Balaban J connectivity index is 2.39. The van der Waals surface area contributed by atoms with Gasteiger partial charge in [0.1, 0.15) is 0 Å². The van der Waals surface area contributed by atoms with Gasteiger partial charge in [0.25, 0.3) is 0 Å². The number of rotatable bonds is 4. The minimum absolute atomic E-state index is 0.0234. The minimum Gasteiger partial charge on any atom is -0.378 e. The van der Waals surface area contributed by atoms with Crippen molar-refractivity contribution in [1.29, 1.82) is 0 Å². The average molecular weight is 215 g/mol. The number of nitrogens with two attached hydrogens (primary N) is 2. The molecule has 1 amide bonds. The molecule has 0 aromatic heterocycles. The van der Waals surface area contributed by atoms with Crippen molar-refractivity contribution >= 4 is 5.91 Å². The largest absolute Gasteiger partial charge is 0.378 e. The molecule has 1 fully saturated rings. The lowest BCUT2D eigenvalue weighted by Gasteiger charge is -2.42. The molecule has 5 nitrogen and oxygen atoms in total. The van der Waals surface area contributed by atoms with Gasteiger partial charge in [-0.3, -0.25) is 9.69 Å². The molecule has 15 heavy (non-hydrogen) atoms. The number of nitrogens with zero attached hydrogens (tertiary/aromatic N) is 1. The predicted molar refractivity (Wildman–Crippen MR) is 58.3 cm³/mol. The highest BCUT2D eigenvalue weighted by molar-refractivity contribution is 5.79.